The quantitative estimate of drug-likeness (QED) is 0.866. The molecule has 0 spiro atoms. The Morgan fingerprint density at radius 2 is 2.06 bits per heavy atom. The molecule has 1 aromatic carbocycles. The Morgan fingerprint density at radius 3 is 2.59 bits per heavy atom. The summed E-state index contributed by atoms with van der Waals surface area (Å²) >= 11 is 0. The zero-order chi connectivity index (χ0) is 13.1. The fourth-order valence-corrected chi connectivity index (χ4v) is 1.78. The fourth-order valence-electron chi connectivity index (χ4n) is 1.78. The van der Waals surface area contributed by atoms with E-state index in [0.29, 0.717) is 13.1 Å². The fraction of sp³-hybridized carbons (Fsp3) is 0.500. The molecule has 1 amide bonds. The predicted octanol–water partition coefficient (Wildman–Crippen LogP) is 2.05. The average molecular weight is 234 g/mol. The number of nitrogens with two attached hydrogens (primary N) is 1. The average Bonchev–Trinajstić information content (AvgIpc) is 2.27. The van der Waals surface area contributed by atoms with Gasteiger partial charge in [-0.25, -0.2) is 0 Å². The lowest BCUT2D eigenvalue weighted by molar-refractivity contribution is 0.0740. The van der Waals surface area contributed by atoms with Crippen molar-refractivity contribution < 1.29 is 4.79 Å². The number of aryl methyl sites for hydroxylation is 1. The van der Waals surface area contributed by atoms with E-state index in [0.717, 1.165) is 11.1 Å². The van der Waals surface area contributed by atoms with E-state index in [1.807, 2.05) is 38.2 Å². The normalized spacial score (nSPS) is 11.4. The number of hydrogen-bond acceptors (Lipinski definition) is 2. The highest BCUT2D eigenvalue weighted by Gasteiger charge is 2.21. The van der Waals surface area contributed by atoms with Gasteiger partial charge in [0.25, 0.3) is 5.91 Å². The second-order valence-electron chi connectivity index (χ2n) is 5.40. The molecule has 0 heterocycles. The largest absolute Gasteiger partial charge is 0.341 e. The number of carbonyl (C=O) groups excluding carboxylic acids is 1. The molecule has 3 nitrogen and oxygen atoms in total. The molecule has 0 unspecified atom stereocenters. The third-order valence-electron chi connectivity index (χ3n) is 2.83. The van der Waals surface area contributed by atoms with Crippen molar-refractivity contribution in [1.29, 1.82) is 0 Å². The number of amides is 1. The van der Waals surface area contributed by atoms with Crippen molar-refractivity contribution in [3.63, 3.8) is 0 Å². The molecule has 17 heavy (non-hydrogen) atoms. The molecule has 0 radical (unpaired) electrons. The summed E-state index contributed by atoms with van der Waals surface area (Å²) in [4.78, 5) is 13.9. The zero-order valence-corrected chi connectivity index (χ0v) is 11.2. The maximum atomic E-state index is 12.2. The monoisotopic (exact) mass is 234 g/mol. The molecule has 0 aliphatic heterocycles. The third-order valence-corrected chi connectivity index (χ3v) is 2.83. The summed E-state index contributed by atoms with van der Waals surface area (Å²) in [5.41, 5.74) is 7.47. The van der Waals surface area contributed by atoms with Crippen LogP contribution in [0.2, 0.25) is 0 Å². The molecule has 2 N–H and O–H groups in total. The molecule has 0 aliphatic rings. The van der Waals surface area contributed by atoms with Crippen molar-refractivity contribution in [3.8, 4) is 0 Å². The van der Waals surface area contributed by atoms with Crippen LogP contribution in [-0.4, -0.2) is 30.9 Å². The number of rotatable bonds is 4. The molecule has 0 atom stereocenters. The van der Waals surface area contributed by atoms with E-state index in [1.165, 1.54) is 0 Å². The molecule has 0 fully saturated rings. The molecule has 3 heteroatoms. The predicted molar refractivity (Wildman–Crippen MR) is 71.0 cm³/mol. The Kier molecular flexibility index (Phi) is 4.29. The van der Waals surface area contributed by atoms with Gasteiger partial charge in [0.15, 0.2) is 0 Å². The van der Waals surface area contributed by atoms with Gasteiger partial charge < -0.3 is 10.6 Å². The number of hydrogen-bond donors (Lipinski definition) is 1. The van der Waals surface area contributed by atoms with Crippen LogP contribution in [0.1, 0.15) is 29.8 Å². The number of benzene rings is 1. The first kappa shape index (κ1) is 13.7. The summed E-state index contributed by atoms with van der Waals surface area (Å²) in [5.74, 6) is 0.0511. The topological polar surface area (TPSA) is 46.3 Å². The van der Waals surface area contributed by atoms with Crippen molar-refractivity contribution >= 4 is 5.91 Å². The molecule has 0 aliphatic carbocycles. The van der Waals surface area contributed by atoms with Crippen molar-refractivity contribution in [2.75, 3.05) is 20.1 Å². The Hall–Kier alpha value is -1.35. The molecule has 1 rings (SSSR count). The highest BCUT2D eigenvalue weighted by atomic mass is 16.2. The van der Waals surface area contributed by atoms with Crippen LogP contribution in [0.15, 0.2) is 24.3 Å². The van der Waals surface area contributed by atoms with E-state index in [9.17, 15) is 4.79 Å². The molecule has 1 aromatic rings. The lowest BCUT2D eigenvalue weighted by Gasteiger charge is -2.29. The van der Waals surface area contributed by atoms with E-state index in [-0.39, 0.29) is 11.3 Å². The Morgan fingerprint density at radius 1 is 1.41 bits per heavy atom. The molecule has 0 bridgehead atoms. The second kappa shape index (κ2) is 5.32. The summed E-state index contributed by atoms with van der Waals surface area (Å²) in [6, 6.07) is 7.65. The van der Waals surface area contributed by atoms with E-state index in [4.69, 9.17) is 5.73 Å². The van der Waals surface area contributed by atoms with Gasteiger partial charge in [0, 0.05) is 19.2 Å². The molecular weight excluding hydrogens is 212 g/mol. The maximum Gasteiger partial charge on any atom is 0.253 e. The van der Waals surface area contributed by atoms with Crippen LogP contribution in [0.5, 0.6) is 0 Å². The summed E-state index contributed by atoms with van der Waals surface area (Å²) in [6.45, 7) is 7.34. The van der Waals surface area contributed by atoms with Crippen LogP contribution in [-0.2, 0) is 0 Å². The van der Waals surface area contributed by atoms with Gasteiger partial charge in [-0.05, 0) is 31.0 Å². The smallest absolute Gasteiger partial charge is 0.253 e. The van der Waals surface area contributed by atoms with E-state index < -0.39 is 0 Å². The first-order valence-corrected chi connectivity index (χ1v) is 5.88. The lowest BCUT2D eigenvalue weighted by atomic mass is 9.93. The summed E-state index contributed by atoms with van der Waals surface area (Å²) in [5, 5.41) is 0. The Bertz CT molecular complexity index is 399. The molecule has 0 saturated carbocycles. The Balaban J connectivity index is 2.77. The number of nitrogens with zero attached hydrogens (tertiary/aromatic N) is 1. The first-order chi connectivity index (χ1) is 7.85. The summed E-state index contributed by atoms with van der Waals surface area (Å²) in [6.07, 6.45) is 0. The van der Waals surface area contributed by atoms with Gasteiger partial charge in [-0.1, -0.05) is 31.5 Å². The highest BCUT2D eigenvalue weighted by Crippen LogP contribution is 2.16. The van der Waals surface area contributed by atoms with Crippen LogP contribution >= 0.6 is 0 Å². The van der Waals surface area contributed by atoms with Gasteiger partial charge in [-0.2, -0.15) is 0 Å². The number of carbonyl (C=O) groups is 1. The molecule has 0 aromatic heterocycles. The minimum Gasteiger partial charge on any atom is -0.341 e. The van der Waals surface area contributed by atoms with Gasteiger partial charge in [-0.15, -0.1) is 0 Å². The zero-order valence-electron chi connectivity index (χ0n) is 11.2. The molecule has 0 saturated heterocycles. The minimum absolute atomic E-state index is 0.0474. The van der Waals surface area contributed by atoms with Gasteiger partial charge in [-0.3, -0.25) is 4.79 Å². The van der Waals surface area contributed by atoms with Crippen LogP contribution in [0, 0.1) is 12.3 Å². The maximum absolute atomic E-state index is 12.2. The van der Waals surface area contributed by atoms with E-state index in [2.05, 4.69) is 13.8 Å². The van der Waals surface area contributed by atoms with E-state index >= 15 is 0 Å². The van der Waals surface area contributed by atoms with Crippen molar-refractivity contribution in [3.05, 3.63) is 35.4 Å². The third kappa shape index (κ3) is 3.86. The van der Waals surface area contributed by atoms with Crippen LogP contribution < -0.4 is 5.73 Å². The molecule has 94 valence electrons. The minimum atomic E-state index is -0.0474. The lowest BCUT2D eigenvalue weighted by Crippen LogP contribution is -2.39. The van der Waals surface area contributed by atoms with Crippen molar-refractivity contribution in [1.82, 2.24) is 4.90 Å². The Labute approximate surface area is 104 Å². The van der Waals surface area contributed by atoms with Gasteiger partial charge in [0.05, 0.1) is 0 Å². The van der Waals surface area contributed by atoms with Crippen LogP contribution in [0.3, 0.4) is 0 Å². The SMILES string of the molecule is Cc1cccc(C(=O)N(C)CC(C)(C)CN)c1. The van der Waals surface area contributed by atoms with Crippen LogP contribution in [0.4, 0.5) is 0 Å². The van der Waals surface area contributed by atoms with Crippen molar-refractivity contribution in [2.24, 2.45) is 11.1 Å². The van der Waals surface area contributed by atoms with E-state index in [1.54, 1.807) is 4.90 Å². The van der Waals surface area contributed by atoms with Gasteiger partial charge >= 0.3 is 0 Å². The van der Waals surface area contributed by atoms with Gasteiger partial charge in [0.2, 0.25) is 0 Å². The van der Waals surface area contributed by atoms with Crippen molar-refractivity contribution in [2.45, 2.75) is 20.8 Å². The standard InChI is InChI=1S/C14H22N2O/c1-11-6-5-7-12(8-11)13(17)16(4)10-14(2,3)9-15/h5-8H,9-10,15H2,1-4H3. The second-order valence-corrected chi connectivity index (χ2v) is 5.40. The first-order valence-electron chi connectivity index (χ1n) is 5.88. The highest BCUT2D eigenvalue weighted by molar-refractivity contribution is 5.94. The molecular formula is C14H22N2O. The summed E-state index contributed by atoms with van der Waals surface area (Å²) in [7, 11) is 1.82. The van der Waals surface area contributed by atoms with Gasteiger partial charge in [0.1, 0.15) is 0 Å². The summed E-state index contributed by atoms with van der Waals surface area (Å²) < 4.78 is 0. The van der Waals surface area contributed by atoms with Crippen LogP contribution in [0.25, 0.3) is 0 Å².